The number of nitrogens with two attached hydrogens (primary N) is 2. The highest BCUT2D eigenvalue weighted by Gasteiger charge is 1.94. The van der Waals surface area contributed by atoms with E-state index in [1.807, 2.05) is 0 Å². The van der Waals surface area contributed by atoms with Crippen LogP contribution in [0.5, 0.6) is 0 Å². The van der Waals surface area contributed by atoms with Gasteiger partial charge >= 0.3 is 0 Å². The van der Waals surface area contributed by atoms with Crippen LogP contribution in [0.2, 0.25) is 0 Å². The minimum Gasteiger partial charge on any atom is -0.330 e. The number of hydrogen-bond acceptors (Lipinski definition) is 3. The van der Waals surface area contributed by atoms with Crippen molar-refractivity contribution in [2.24, 2.45) is 11.5 Å². The average molecular weight is 116 g/mol. The summed E-state index contributed by atoms with van der Waals surface area (Å²) < 4.78 is 0. The molecule has 0 rings (SSSR count). The normalized spacial score (nSPS) is 9.25. The molecule has 4 N–H and O–H groups in total. The van der Waals surface area contributed by atoms with Gasteiger partial charge < -0.3 is 11.5 Å². The molecule has 0 radical (unpaired) electrons. The minimum atomic E-state index is 0.0930. The Hall–Kier alpha value is -0.410. The van der Waals surface area contributed by atoms with Gasteiger partial charge in [0.1, 0.15) is 5.78 Å². The van der Waals surface area contributed by atoms with E-state index in [-0.39, 0.29) is 12.3 Å². The van der Waals surface area contributed by atoms with Crippen molar-refractivity contribution < 1.29 is 4.79 Å². The Morgan fingerprint density at radius 1 is 1.38 bits per heavy atom. The second-order valence-electron chi connectivity index (χ2n) is 1.64. The largest absolute Gasteiger partial charge is 0.330 e. The van der Waals surface area contributed by atoms with Gasteiger partial charge in [0, 0.05) is 6.42 Å². The molecule has 0 aliphatic heterocycles. The van der Waals surface area contributed by atoms with Crippen LogP contribution in [-0.2, 0) is 4.79 Å². The van der Waals surface area contributed by atoms with Crippen LogP contribution in [0.1, 0.15) is 12.8 Å². The van der Waals surface area contributed by atoms with Gasteiger partial charge in [0.05, 0.1) is 6.54 Å². The van der Waals surface area contributed by atoms with Crippen molar-refractivity contribution in [3.63, 3.8) is 0 Å². The average Bonchev–Trinajstić information content (AvgIpc) is 1.83. The van der Waals surface area contributed by atoms with E-state index in [4.69, 9.17) is 11.5 Å². The molecule has 8 heavy (non-hydrogen) atoms. The third kappa shape index (κ3) is 3.77. The van der Waals surface area contributed by atoms with Crippen molar-refractivity contribution in [1.82, 2.24) is 0 Å². The third-order valence-corrected chi connectivity index (χ3v) is 0.887. The summed E-state index contributed by atoms with van der Waals surface area (Å²) in [6, 6.07) is 0. The summed E-state index contributed by atoms with van der Waals surface area (Å²) in [6.07, 6.45) is 1.29. The first-order valence-electron chi connectivity index (χ1n) is 2.73. The highest BCUT2D eigenvalue weighted by atomic mass is 16.1. The van der Waals surface area contributed by atoms with Crippen molar-refractivity contribution in [2.45, 2.75) is 12.8 Å². The molecule has 0 aliphatic carbocycles. The fourth-order valence-corrected chi connectivity index (χ4v) is 0.401. The van der Waals surface area contributed by atoms with Crippen molar-refractivity contribution in [3.05, 3.63) is 0 Å². The van der Waals surface area contributed by atoms with Gasteiger partial charge in [0.15, 0.2) is 0 Å². The Kier molecular flexibility index (Phi) is 4.50. The lowest BCUT2D eigenvalue weighted by atomic mass is 10.2. The van der Waals surface area contributed by atoms with Gasteiger partial charge in [-0.15, -0.1) is 0 Å². The predicted molar refractivity (Wildman–Crippen MR) is 32.3 cm³/mol. The maximum Gasteiger partial charge on any atom is 0.146 e. The molecule has 0 spiro atoms. The van der Waals surface area contributed by atoms with Crippen LogP contribution < -0.4 is 11.5 Å². The standard InChI is InChI=1S/C5H12N2O/c6-3-1-2-5(8)4-7/h1-4,6-7H2. The topological polar surface area (TPSA) is 69.1 Å². The Morgan fingerprint density at radius 3 is 2.38 bits per heavy atom. The molecule has 0 aliphatic rings. The van der Waals surface area contributed by atoms with Gasteiger partial charge in [-0.3, -0.25) is 4.79 Å². The minimum absolute atomic E-state index is 0.0930. The van der Waals surface area contributed by atoms with E-state index in [1.54, 1.807) is 0 Å². The molecular weight excluding hydrogens is 104 g/mol. The third-order valence-electron chi connectivity index (χ3n) is 0.887. The molecule has 0 aromatic heterocycles. The van der Waals surface area contributed by atoms with Crippen molar-refractivity contribution in [3.8, 4) is 0 Å². The number of hydrogen-bond donors (Lipinski definition) is 2. The van der Waals surface area contributed by atoms with E-state index < -0.39 is 0 Å². The number of rotatable bonds is 4. The fraction of sp³-hybridized carbons (Fsp3) is 0.800. The Balaban J connectivity index is 2.99. The summed E-state index contributed by atoms with van der Waals surface area (Å²) in [7, 11) is 0. The van der Waals surface area contributed by atoms with Gasteiger partial charge in [-0.1, -0.05) is 0 Å². The number of ketones is 1. The van der Waals surface area contributed by atoms with E-state index in [2.05, 4.69) is 0 Å². The molecule has 0 unspecified atom stereocenters. The monoisotopic (exact) mass is 116 g/mol. The zero-order valence-corrected chi connectivity index (χ0v) is 4.89. The Bertz CT molecular complexity index is 72.8. The number of Topliss-reactive ketones (excluding diaryl/α,β-unsaturated/α-hetero) is 1. The summed E-state index contributed by atoms with van der Waals surface area (Å²) in [4.78, 5) is 10.4. The van der Waals surface area contributed by atoms with Crippen LogP contribution in [0.15, 0.2) is 0 Å². The predicted octanol–water partition coefficient (Wildman–Crippen LogP) is -0.747. The van der Waals surface area contributed by atoms with E-state index in [9.17, 15) is 4.79 Å². The number of carbonyl (C=O) groups excluding carboxylic acids is 1. The lowest BCUT2D eigenvalue weighted by Gasteiger charge is -1.91. The smallest absolute Gasteiger partial charge is 0.146 e. The van der Waals surface area contributed by atoms with Crippen LogP contribution in [0.25, 0.3) is 0 Å². The van der Waals surface area contributed by atoms with Crippen molar-refractivity contribution in [1.29, 1.82) is 0 Å². The second-order valence-corrected chi connectivity index (χ2v) is 1.64. The molecular formula is C5H12N2O. The van der Waals surface area contributed by atoms with Gasteiger partial charge in [0.2, 0.25) is 0 Å². The Labute approximate surface area is 49.0 Å². The molecule has 3 nitrogen and oxygen atoms in total. The molecule has 48 valence electrons. The summed E-state index contributed by atoms with van der Waals surface area (Å²) in [6.45, 7) is 0.728. The van der Waals surface area contributed by atoms with Crippen LogP contribution in [-0.4, -0.2) is 18.9 Å². The molecule has 0 amide bonds. The van der Waals surface area contributed by atoms with E-state index in [0.717, 1.165) is 6.42 Å². The Morgan fingerprint density at radius 2 is 2.00 bits per heavy atom. The molecule has 0 fully saturated rings. The molecule has 0 saturated carbocycles. The van der Waals surface area contributed by atoms with Gasteiger partial charge in [-0.05, 0) is 13.0 Å². The van der Waals surface area contributed by atoms with Gasteiger partial charge in [0.25, 0.3) is 0 Å². The van der Waals surface area contributed by atoms with E-state index >= 15 is 0 Å². The van der Waals surface area contributed by atoms with Crippen LogP contribution in [0.3, 0.4) is 0 Å². The summed E-state index contributed by atoms with van der Waals surface area (Å²) in [5.74, 6) is 0.0930. The van der Waals surface area contributed by atoms with Crippen LogP contribution >= 0.6 is 0 Å². The SMILES string of the molecule is NCCCC(=O)CN. The zero-order chi connectivity index (χ0) is 6.41. The second kappa shape index (κ2) is 4.74. The quantitative estimate of drug-likeness (QED) is 0.508. The van der Waals surface area contributed by atoms with Crippen molar-refractivity contribution >= 4 is 5.78 Å². The molecule has 0 saturated heterocycles. The van der Waals surface area contributed by atoms with E-state index in [1.165, 1.54) is 0 Å². The first-order chi connectivity index (χ1) is 3.81. The molecule has 0 aromatic rings. The van der Waals surface area contributed by atoms with Crippen LogP contribution in [0, 0.1) is 0 Å². The van der Waals surface area contributed by atoms with Crippen LogP contribution in [0.4, 0.5) is 0 Å². The van der Waals surface area contributed by atoms with Crippen molar-refractivity contribution in [2.75, 3.05) is 13.1 Å². The first-order valence-corrected chi connectivity index (χ1v) is 2.73. The lowest BCUT2D eigenvalue weighted by Crippen LogP contribution is -2.14. The van der Waals surface area contributed by atoms with Gasteiger partial charge in [-0.25, -0.2) is 0 Å². The first kappa shape index (κ1) is 7.59. The summed E-state index contributed by atoms with van der Waals surface area (Å²) >= 11 is 0. The fourth-order valence-electron chi connectivity index (χ4n) is 0.401. The molecule has 3 heteroatoms. The molecule has 0 bridgehead atoms. The zero-order valence-electron chi connectivity index (χ0n) is 4.89. The maximum atomic E-state index is 10.4. The molecule has 0 atom stereocenters. The van der Waals surface area contributed by atoms with E-state index in [0.29, 0.717) is 13.0 Å². The number of carbonyl (C=O) groups is 1. The maximum absolute atomic E-state index is 10.4. The summed E-state index contributed by atoms with van der Waals surface area (Å²) in [5, 5.41) is 0. The van der Waals surface area contributed by atoms with Gasteiger partial charge in [-0.2, -0.15) is 0 Å². The lowest BCUT2D eigenvalue weighted by molar-refractivity contribution is -0.117. The highest BCUT2D eigenvalue weighted by molar-refractivity contribution is 5.80. The molecule has 0 heterocycles. The highest BCUT2D eigenvalue weighted by Crippen LogP contribution is 1.84. The molecule has 0 aromatic carbocycles. The summed E-state index contributed by atoms with van der Waals surface area (Å²) in [5.41, 5.74) is 10.2.